The summed E-state index contributed by atoms with van der Waals surface area (Å²) in [6.45, 7) is 0. The molecule has 13 heteroatoms. The molecule has 34 heavy (non-hydrogen) atoms. The minimum Gasteiger partial charge on any atom is -0.329 e. The molecule has 4 heterocycles. The zero-order valence-electron chi connectivity index (χ0n) is 16.7. The second kappa shape index (κ2) is 7.89. The van der Waals surface area contributed by atoms with Crippen LogP contribution in [0.15, 0.2) is 59.8 Å². The summed E-state index contributed by atoms with van der Waals surface area (Å²) >= 11 is 12.2. The van der Waals surface area contributed by atoms with E-state index in [0.717, 1.165) is 6.20 Å². The van der Waals surface area contributed by atoms with Gasteiger partial charge < -0.3 is 10.3 Å². The Hall–Kier alpha value is -3.83. The van der Waals surface area contributed by atoms with E-state index in [-0.39, 0.29) is 32.3 Å². The van der Waals surface area contributed by atoms with E-state index in [4.69, 9.17) is 23.2 Å². The van der Waals surface area contributed by atoms with Crippen LogP contribution >= 0.6 is 23.2 Å². The maximum atomic E-state index is 14.1. The highest BCUT2D eigenvalue weighted by atomic mass is 35.5. The third-order valence-corrected chi connectivity index (χ3v) is 5.65. The SMILES string of the molecule is O=C(Nc1cc(Cl)n2ncc(Cl)c2c1)c1cnn(-c2cccc3c(=O)[nH]ccc23)c1C(F)(F)F. The summed E-state index contributed by atoms with van der Waals surface area (Å²) in [7, 11) is 0. The van der Waals surface area contributed by atoms with E-state index in [1.807, 2.05) is 0 Å². The predicted octanol–water partition coefficient (Wildman–Crippen LogP) is 4.94. The number of nitrogens with zero attached hydrogens (tertiary/aromatic N) is 4. The van der Waals surface area contributed by atoms with Crippen molar-refractivity contribution in [1.29, 1.82) is 0 Å². The molecular weight excluding hydrogens is 496 g/mol. The third kappa shape index (κ3) is 3.58. The summed E-state index contributed by atoms with van der Waals surface area (Å²) in [6, 6.07) is 8.49. The number of carbonyl (C=O) groups is 1. The topological polar surface area (TPSA) is 97.1 Å². The van der Waals surface area contributed by atoms with E-state index in [1.54, 1.807) is 0 Å². The van der Waals surface area contributed by atoms with Crippen molar-refractivity contribution in [3.8, 4) is 5.69 Å². The Kier molecular flexibility index (Phi) is 5.10. The molecule has 4 aromatic heterocycles. The van der Waals surface area contributed by atoms with Gasteiger partial charge in [-0.1, -0.05) is 29.3 Å². The molecule has 0 saturated carbocycles. The standard InChI is InChI=1S/C21H11Cl2F3N6O2/c22-14-9-29-31-16(14)6-10(7-17(31)23)30-20(34)13-8-28-32(18(13)21(24,25)26)15-3-1-2-12-11(15)4-5-27-19(12)33/h1-9H,(H,27,33)(H,30,34). The summed E-state index contributed by atoms with van der Waals surface area (Å²) in [5, 5.41) is 10.9. The molecule has 0 saturated heterocycles. The van der Waals surface area contributed by atoms with Gasteiger partial charge in [0, 0.05) is 22.7 Å². The fraction of sp³-hybridized carbons (Fsp3) is 0.0476. The van der Waals surface area contributed by atoms with E-state index in [0.29, 0.717) is 10.2 Å². The van der Waals surface area contributed by atoms with Gasteiger partial charge in [-0.25, -0.2) is 9.20 Å². The highest BCUT2D eigenvalue weighted by Gasteiger charge is 2.41. The maximum absolute atomic E-state index is 14.1. The Morgan fingerprint density at radius 1 is 1.06 bits per heavy atom. The average molecular weight is 507 g/mol. The summed E-state index contributed by atoms with van der Waals surface area (Å²) in [6.07, 6.45) is -1.46. The van der Waals surface area contributed by atoms with Crippen LogP contribution in [0.2, 0.25) is 10.2 Å². The van der Waals surface area contributed by atoms with E-state index < -0.39 is 28.9 Å². The molecule has 0 aliphatic heterocycles. The number of aromatic amines is 1. The van der Waals surface area contributed by atoms with Gasteiger partial charge in [0.1, 0.15) is 5.15 Å². The van der Waals surface area contributed by atoms with E-state index in [9.17, 15) is 22.8 Å². The van der Waals surface area contributed by atoms with Gasteiger partial charge in [0.2, 0.25) is 0 Å². The first-order valence-electron chi connectivity index (χ1n) is 9.55. The number of anilines is 1. The Bertz CT molecular complexity index is 1650. The van der Waals surface area contributed by atoms with Crippen LogP contribution in [0.4, 0.5) is 18.9 Å². The first-order valence-corrected chi connectivity index (χ1v) is 10.3. The van der Waals surface area contributed by atoms with Crippen molar-refractivity contribution >= 4 is 51.1 Å². The maximum Gasteiger partial charge on any atom is 0.434 e. The monoisotopic (exact) mass is 506 g/mol. The fourth-order valence-corrected chi connectivity index (χ4v) is 4.08. The minimum atomic E-state index is -4.94. The molecule has 0 bridgehead atoms. The van der Waals surface area contributed by atoms with Gasteiger partial charge in [-0.2, -0.15) is 23.4 Å². The normalized spacial score (nSPS) is 11.9. The number of amides is 1. The molecule has 0 aliphatic carbocycles. The third-order valence-electron chi connectivity index (χ3n) is 5.09. The van der Waals surface area contributed by atoms with Crippen LogP contribution in [-0.4, -0.2) is 30.3 Å². The van der Waals surface area contributed by atoms with Crippen molar-refractivity contribution in [3.63, 3.8) is 0 Å². The van der Waals surface area contributed by atoms with Crippen LogP contribution in [0, 0.1) is 0 Å². The summed E-state index contributed by atoms with van der Waals surface area (Å²) in [4.78, 5) is 27.5. The molecule has 2 N–H and O–H groups in total. The number of rotatable bonds is 3. The molecule has 0 spiro atoms. The molecular formula is C21H11Cl2F3N6O2. The van der Waals surface area contributed by atoms with Crippen LogP contribution in [0.1, 0.15) is 16.1 Å². The lowest BCUT2D eigenvalue weighted by Crippen LogP contribution is -2.21. The summed E-state index contributed by atoms with van der Waals surface area (Å²) in [5.41, 5.74) is -2.02. The van der Waals surface area contributed by atoms with Gasteiger partial charge in [0.15, 0.2) is 5.69 Å². The van der Waals surface area contributed by atoms with Crippen LogP contribution in [0.25, 0.3) is 22.0 Å². The number of halogens is 5. The zero-order chi connectivity index (χ0) is 24.2. The lowest BCUT2D eigenvalue weighted by Gasteiger charge is -2.14. The van der Waals surface area contributed by atoms with E-state index in [2.05, 4.69) is 20.5 Å². The van der Waals surface area contributed by atoms with Crippen molar-refractivity contribution in [3.05, 3.63) is 86.8 Å². The van der Waals surface area contributed by atoms with Gasteiger partial charge in [0.05, 0.1) is 34.2 Å². The zero-order valence-corrected chi connectivity index (χ0v) is 18.2. The Morgan fingerprint density at radius 2 is 1.85 bits per heavy atom. The molecule has 172 valence electrons. The average Bonchev–Trinajstić information content (AvgIpc) is 3.39. The number of fused-ring (bicyclic) bond motifs is 2. The number of aromatic nitrogens is 5. The van der Waals surface area contributed by atoms with Gasteiger partial charge >= 0.3 is 6.18 Å². The molecule has 8 nitrogen and oxygen atoms in total. The summed E-state index contributed by atoms with van der Waals surface area (Å²) < 4.78 is 44.3. The lowest BCUT2D eigenvalue weighted by atomic mass is 10.1. The van der Waals surface area contributed by atoms with E-state index >= 15 is 0 Å². The number of hydrogen-bond acceptors (Lipinski definition) is 4. The van der Waals surface area contributed by atoms with Crippen LogP contribution in [-0.2, 0) is 6.18 Å². The van der Waals surface area contributed by atoms with Gasteiger partial charge in [0.25, 0.3) is 11.5 Å². The quantitative estimate of drug-likeness (QED) is 0.338. The largest absolute Gasteiger partial charge is 0.434 e. The van der Waals surface area contributed by atoms with Crippen LogP contribution < -0.4 is 10.9 Å². The minimum absolute atomic E-state index is 0.00881. The Labute approximate surface area is 197 Å². The van der Waals surface area contributed by atoms with Crippen molar-refractivity contribution in [2.75, 3.05) is 5.32 Å². The number of nitrogens with one attached hydrogen (secondary N) is 2. The Morgan fingerprint density at radius 3 is 2.62 bits per heavy atom. The van der Waals surface area contributed by atoms with Gasteiger partial charge in [-0.3, -0.25) is 9.59 Å². The smallest absolute Gasteiger partial charge is 0.329 e. The molecule has 1 aromatic carbocycles. The lowest BCUT2D eigenvalue weighted by molar-refractivity contribution is -0.143. The van der Waals surface area contributed by atoms with Gasteiger partial charge in [-0.15, -0.1) is 0 Å². The molecule has 0 aliphatic rings. The number of benzene rings is 1. The van der Waals surface area contributed by atoms with Crippen LogP contribution in [0.5, 0.6) is 0 Å². The van der Waals surface area contributed by atoms with Crippen molar-refractivity contribution in [1.82, 2.24) is 24.4 Å². The highest BCUT2D eigenvalue weighted by molar-refractivity contribution is 6.34. The first kappa shape index (κ1) is 22.0. The molecule has 1 amide bonds. The molecule has 5 aromatic rings. The second-order valence-electron chi connectivity index (χ2n) is 7.17. The van der Waals surface area contributed by atoms with Crippen LogP contribution in [0.3, 0.4) is 0 Å². The van der Waals surface area contributed by atoms with E-state index in [1.165, 1.54) is 53.3 Å². The first-order chi connectivity index (χ1) is 16.1. The Balaban J connectivity index is 1.62. The second-order valence-corrected chi connectivity index (χ2v) is 7.97. The highest BCUT2D eigenvalue weighted by Crippen LogP contribution is 2.35. The predicted molar refractivity (Wildman–Crippen MR) is 120 cm³/mol. The molecule has 0 atom stereocenters. The van der Waals surface area contributed by atoms with Crippen molar-refractivity contribution < 1.29 is 18.0 Å². The fourth-order valence-electron chi connectivity index (χ4n) is 3.65. The number of alkyl halides is 3. The van der Waals surface area contributed by atoms with Crippen molar-refractivity contribution in [2.24, 2.45) is 0 Å². The molecule has 0 fully saturated rings. The molecule has 0 unspecified atom stereocenters. The number of H-pyrrole nitrogens is 1. The number of pyridine rings is 2. The summed E-state index contributed by atoms with van der Waals surface area (Å²) in [5.74, 6) is -1.06. The van der Waals surface area contributed by atoms with Crippen molar-refractivity contribution in [2.45, 2.75) is 6.18 Å². The number of hydrogen-bond donors (Lipinski definition) is 2. The number of carbonyl (C=O) groups excluding carboxylic acids is 1. The molecule has 0 radical (unpaired) electrons. The van der Waals surface area contributed by atoms with Gasteiger partial charge in [-0.05, 0) is 30.3 Å². The molecule has 5 rings (SSSR count).